The number of nitrogen functional groups attached to an aromatic ring is 1. The number of fused-ring (bicyclic) bond motifs is 1. The quantitative estimate of drug-likeness (QED) is 0.834. The van der Waals surface area contributed by atoms with Crippen molar-refractivity contribution in [3.63, 3.8) is 0 Å². The van der Waals surface area contributed by atoms with Crippen LogP contribution in [0, 0.1) is 11.3 Å². The first-order valence-corrected chi connectivity index (χ1v) is 7.74. The van der Waals surface area contributed by atoms with Crippen molar-refractivity contribution in [2.45, 2.75) is 19.4 Å². The zero-order valence-corrected chi connectivity index (χ0v) is 14.2. The largest absolute Gasteiger partial charge is 0.483 e. The van der Waals surface area contributed by atoms with Crippen molar-refractivity contribution in [1.29, 1.82) is 5.26 Å². The average Bonchev–Trinajstić information content (AvgIpc) is 2.49. The Kier molecular flexibility index (Phi) is 3.53. The van der Waals surface area contributed by atoms with Crippen LogP contribution in [0.25, 0.3) is 5.70 Å². The third-order valence-electron chi connectivity index (χ3n) is 3.51. The molecule has 116 valence electrons. The molecular weight excluding hydrogens is 358 g/mol. The molecule has 0 saturated heterocycles. The molecule has 0 atom stereocenters. The van der Waals surface area contributed by atoms with Gasteiger partial charge in [-0.2, -0.15) is 5.26 Å². The van der Waals surface area contributed by atoms with Crippen LogP contribution < -0.4 is 16.0 Å². The van der Waals surface area contributed by atoms with E-state index >= 15 is 0 Å². The minimum atomic E-state index is -0.590. The Morgan fingerprint density at radius 3 is 2.78 bits per heavy atom. The van der Waals surface area contributed by atoms with Gasteiger partial charge in [-0.05, 0) is 60.1 Å². The molecule has 1 aromatic carbocycles. The van der Waals surface area contributed by atoms with Crippen LogP contribution in [0.4, 0.5) is 5.69 Å². The van der Waals surface area contributed by atoms with Gasteiger partial charge < -0.3 is 10.5 Å². The summed E-state index contributed by atoms with van der Waals surface area (Å²) in [7, 11) is 0. The van der Waals surface area contributed by atoms with Gasteiger partial charge in [-0.15, -0.1) is 0 Å². The van der Waals surface area contributed by atoms with Crippen LogP contribution >= 0.6 is 15.9 Å². The maximum atomic E-state index is 12.5. The standard InChI is InChI=1S/C17H14BrN3O2/c1-17(2)7-14(21-9-11(18)6-13(20)16(21)22)12-5-10(8-19)3-4-15(12)23-17/h3-7,9H,20H2,1-2H3. The number of benzene rings is 1. The molecule has 23 heavy (non-hydrogen) atoms. The zero-order chi connectivity index (χ0) is 16.8. The summed E-state index contributed by atoms with van der Waals surface area (Å²) in [5.74, 6) is 0.622. The van der Waals surface area contributed by atoms with Gasteiger partial charge in [-0.25, -0.2) is 0 Å². The second-order valence-corrected chi connectivity index (χ2v) is 6.76. The van der Waals surface area contributed by atoms with E-state index in [1.54, 1.807) is 30.5 Å². The highest BCUT2D eigenvalue weighted by molar-refractivity contribution is 9.10. The van der Waals surface area contributed by atoms with Gasteiger partial charge in [0.15, 0.2) is 0 Å². The van der Waals surface area contributed by atoms with Gasteiger partial charge >= 0.3 is 0 Å². The van der Waals surface area contributed by atoms with E-state index in [2.05, 4.69) is 22.0 Å². The molecule has 1 aromatic heterocycles. The second kappa shape index (κ2) is 5.28. The fourth-order valence-electron chi connectivity index (χ4n) is 2.56. The van der Waals surface area contributed by atoms with Crippen molar-refractivity contribution >= 4 is 27.3 Å². The molecule has 1 aliphatic heterocycles. The summed E-state index contributed by atoms with van der Waals surface area (Å²) in [4.78, 5) is 12.5. The lowest BCUT2D eigenvalue weighted by molar-refractivity contribution is 0.157. The Balaban J connectivity index is 2.33. The average molecular weight is 372 g/mol. The first kappa shape index (κ1) is 15.4. The lowest BCUT2D eigenvalue weighted by atomic mass is 9.97. The van der Waals surface area contributed by atoms with E-state index in [1.807, 2.05) is 19.9 Å². The first-order chi connectivity index (χ1) is 10.8. The minimum Gasteiger partial charge on any atom is -0.483 e. The van der Waals surface area contributed by atoms with Crippen LogP contribution in [0.2, 0.25) is 0 Å². The number of pyridine rings is 1. The molecule has 1 aliphatic rings. The second-order valence-electron chi connectivity index (χ2n) is 5.85. The highest BCUT2D eigenvalue weighted by Crippen LogP contribution is 2.37. The number of nitrogens with two attached hydrogens (primary N) is 1. The Hall–Kier alpha value is -2.52. The molecule has 2 N–H and O–H groups in total. The summed E-state index contributed by atoms with van der Waals surface area (Å²) in [6.45, 7) is 3.81. The van der Waals surface area contributed by atoms with E-state index < -0.39 is 5.60 Å². The molecule has 2 heterocycles. The fourth-order valence-corrected chi connectivity index (χ4v) is 3.01. The first-order valence-electron chi connectivity index (χ1n) is 6.95. The summed E-state index contributed by atoms with van der Waals surface area (Å²) in [6, 6.07) is 8.81. The van der Waals surface area contributed by atoms with Crippen LogP contribution in [0.5, 0.6) is 5.75 Å². The smallest absolute Gasteiger partial charge is 0.278 e. The molecule has 0 aliphatic carbocycles. The molecular formula is C17H14BrN3O2. The molecule has 0 spiro atoms. The van der Waals surface area contributed by atoms with Crippen molar-refractivity contribution in [3.05, 3.63) is 62.5 Å². The van der Waals surface area contributed by atoms with Gasteiger partial charge in [-0.3, -0.25) is 9.36 Å². The van der Waals surface area contributed by atoms with E-state index in [9.17, 15) is 4.79 Å². The maximum absolute atomic E-state index is 12.5. The topological polar surface area (TPSA) is 81.0 Å². The summed E-state index contributed by atoms with van der Waals surface area (Å²) >= 11 is 3.36. The molecule has 0 amide bonds. The highest BCUT2D eigenvalue weighted by Gasteiger charge is 2.28. The van der Waals surface area contributed by atoms with Crippen molar-refractivity contribution in [3.8, 4) is 11.8 Å². The predicted octanol–water partition coefficient (Wildman–Crippen LogP) is 3.12. The number of aromatic nitrogens is 1. The van der Waals surface area contributed by atoms with Crippen LogP contribution in [0.15, 0.2) is 45.8 Å². The highest BCUT2D eigenvalue weighted by atomic mass is 79.9. The number of halogens is 1. The lowest BCUT2D eigenvalue weighted by Crippen LogP contribution is -2.32. The predicted molar refractivity (Wildman–Crippen MR) is 92.1 cm³/mol. The number of hydrogen-bond donors (Lipinski definition) is 1. The van der Waals surface area contributed by atoms with Crippen LogP contribution in [-0.2, 0) is 0 Å². The molecule has 5 nitrogen and oxygen atoms in total. The Bertz CT molecular complexity index is 936. The number of nitriles is 1. The number of nitrogens with zero attached hydrogens (tertiary/aromatic N) is 2. The minimum absolute atomic E-state index is 0.141. The third-order valence-corrected chi connectivity index (χ3v) is 3.95. The van der Waals surface area contributed by atoms with Crippen LogP contribution in [0.1, 0.15) is 25.0 Å². The van der Waals surface area contributed by atoms with E-state index in [0.717, 1.165) is 0 Å². The Morgan fingerprint density at radius 1 is 1.35 bits per heavy atom. The maximum Gasteiger partial charge on any atom is 0.278 e. The Morgan fingerprint density at radius 2 is 2.09 bits per heavy atom. The number of rotatable bonds is 1. The summed E-state index contributed by atoms with van der Waals surface area (Å²) in [5.41, 5.74) is 6.86. The normalized spacial score (nSPS) is 15.1. The van der Waals surface area contributed by atoms with E-state index in [-0.39, 0.29) is 11.2 Å². The van der Waals surface area contributed by atoms with Crippen molar-refractivity contribution in [1.82, 2.24) is 4.57 Å². The summed E-state index contributed by atoms with van der Waals surface area (Å²) < 4.78 is 8.09. The summed E-state index contributed by atoms with van der Waals surface area (Å²) in [5, 5.41) is 9.14. The van der Waals surface area contributed by atoms with Gasteiger partial charge in [0.05, 0.1) is 23.0 Å². The van der Waals surface area contributed by atoms with Crippen molar-refractivity contribution < 1.29 is 4.74 Å². The van der Waals surface area contributed by atoms with Gasteiger partial charge in [0.25, 0.3) is 5.56 Å². The van der Waals surface area contributed by atoms with E-state index in [0.29, 0.717) is 27.0 Å². The van der Waals surface area contributed by atoms with Gasteiger partial charge in [0.2, 0.25) is 0 Å². The molecule has 0 radical (unpaired) electrons. The molecule has 6 heteroatoms. The fraction of sp³-hybridized carbons (Fsp3) is 0.176. The molecule has 0 fully saturated rings. The van der Waals surface area contributed by atoms with E-state index in [1.165, 1.54) is 4.57 Å². The molecule has 0 saturated carbocycles. The number of anilines is 1. The number of hydrogen-bond acceptors (Lipinski definition) is 4. The molecule has 2 aromatic rings. The van der Waals surface area contributed by atoms with Crippen LogP contribution in [-0.4, -0.2) is 10.2 Å². The summed E-state index contributed by atoms with van der Waals surface area (Å²) in [6.07, 6.45) is 3.51. The Labute approximate surface area is 141 Å². The molecule has 0 bridgehead atoms. The van der Waals surface area contributed by atoms with Crippen molar-refractivity contribution in [2.75, 3.05) is 5.73 Å². The number of ether oxygens (including phenoxy) is 1. The van der Waals surface area contributed by atoms with Gasteiger partial charge in [-0.1, -0.05) is 0 Å². The van der Waals surface area contributed by atoms with E-state index in [4.69, 9.17) is 15.7 Å². The van der Waals surface area contributed by atoms with Gasteiger partial charge in [0, 0.05) is 16.2 Å². The monoisotopic (exact) mass is 371 g/mol. The third kappa shape index (κ3) is 2.76. The molecule has 3 rings (SSSR count). The SMILES string of the molecule is CC1(C)C=C(n2cc(Br)cc(N)c2=O)c2cc(C#N)ccc2O1. The van der Waals surface area contributed by atoms with Crippen molar-refractivity contribution in [2.24, 2.45) is 0 Å². The van der Waals surface area contributed by atoms with Crippen LogP contribution in [0.3, 0.4) is 0 Å². The van der Waals surface area contributed by atoms with Gasteiger partial charge in [0.1, 0.15) is 11.4 Å². The molecule has 0 unspecified atom stereocenters. The zero-order valence-electron chi connectivity index (χ0n) is 12.6. The lowest BCUT2D eigenvalue weighted by Gasteiger charge is -2.31.